The van der Waals surface area contributed by atoms with E-state index in [9.17, 15) is 4.79 Å². The molecule has 1 unspecified atom stereocenters. The summed E-state index contributed by atoms with van der Waals surface area (Å²) in [6.07, 6.45) is 2.62. The van der Waals surface area contributed by atoms with Crippen LogP contribution in [0.15, 0.2) is 28.6 Å². The van der Waals surface area contributed by atoms with Gasteiger partial charge in [0.1, 0.15) is 4.83 Å². The number of hydrogen-bond acceptors (Lipinski definition) is 5. The lowest BCUT2D eigenvalue weighted by atomic mass is 10.1. The molecule has 21 heavy (non-hydrogen) atoms. The second-order valence-corrected chi connectivity index (χ2v) is 7.32. The lowest BCUT2D eigenvalue weighted by molar-refractivity contribution is 0.617. The van der Waals surface area contributed by atoms with Crippen molar-refractivity contribution in [1.29, 1.82) is 0 Å². The molecular weight excluding hydrogens is 302 g/mol. The van der Waals surface area contributed by atoms with Gasteiger partial charge in [-0.3, -0.25) is 9.36 Å². The highest BCUT2D eigenvalue weighted by Gasteiger charge is 2.21. The molecule has 1 atom stereocenters. The lowest BCUT2D eigenvalue weighted by Gasteiger charge is -2.14. The maximum absolute atomic E-state index is 12.9. The number of hydrogen-bond donors (Lipinski definition) is 1. The van der Waals surface area contributed by atoms with Crippen molar-refractivity contribution in [3.8, 4) is 0 Å². The first-order valence-corrected chi connectivity index (χ1v) is 8.71. The Bertz CT molecular complexity index is 848. The molecule has 1 aliphatic heterocycles. The van der Waals surface area contributed by atoms with Crippen LogP contribution < -0.4 is 10.9 Å². The number of nitrogens with one attached hydrogen (secondary N) is 1. The molecule has 108 valence electrons. The van der Waals surface area contributed by atoms with Gasteiger partial charge in [0.15, 0.2) is 0 Å². The third-order valence-corrected chi connectivity index (χ3v) is 6.21. The van der Waals surface area contributed by atoms with E-state index in [0.717, 1.165) is 29.7 Å². The highest BCUT2D eigenvalue weighted by molar-refractivity contribution is 7.18. The van der Waals surface area contributed by atoms with E-state index in [1.165, 1.54) is 15.3 Å². The number of aromatic nitrogens is 2. The van der Waals surface area contributed by atoms with Crippen LogP contribution in [-0.4, -0.2) is 16.1 Å². The van der Waals surface area contributed by atoms with Crippen LogP contribution in [0.3, 0.4) is 0 Å². The zero-order valence-corrected chi connectivity index (χ0v) is 13.3. The van der Waals surface area contributed by atoms with E-state index in [1.54, 1.807) is 33.6 Å². The predicted molar refractivity (Wildman–Crippen MR) is 87.4 cm³/mol. The smallest absolute Gasteiger partial charge is 0.262 e. The van der Waals surface area contributed by atoms with Crippen molar-refractivity contribution in [1.82, 2.24) is 14.9 Å². The molecule has 0 fully saturated rings. The molecule has 0 aliphatic carbocycles. The average molecular weight is 317 g/mol. The summed E-state index contributed by atoms with van der Waals surface area (Å²) in [6, 6.07) is 4.12. The van der Waals surface area contributed by atoms with Gasteiger partial charge in [-0.1, -0.05) is 6.07 Å². The van der Waals surface area contributed by atoms with Gasteiger partial charge in [0.2, 0.25) is 0 Å². The molecule has 4 heterocycles. The Morgan fingerprint density at radius 2 is 2.38 bits per heavy atom. The van der Waals surface area contributed by atoms with Gasteiger partial charge in [-0.05, 0) is 36.9 Å². The van der Waals surface area contributed by atoms with Crippen LogP contribution in [0.2, 0.25) is 0 Å². The van der Waals surface area contributed by atoms with Gasteiger partial charge in [0.25, 0.3) is 5.56 Å². The maximum Gasteiger partial charge on any atom is 0.262 e. The average Bonchev–Trinajstić information content (AvgIpc) is 3.14. The molecule has 0 saturated carbocycles. The number of rotatable bonds is 2. The minimum Gasteiger partial charge on any atom is -0.312 e. The number of nitrogens with zero attached hydrogens (tertiary/aromatic N) is 2. The van der Waals surface area contributed by atoms with E-state index < -0.39 is 0 Å². The first kappa shape index (κ1) is 13.2. The largest absolute Gasteiger partial charge is 0.312 e. The molecule has 0 amide bonds. The summed E-state index contributed by atoms with van der Waals surface area (Å²) < 4.78 is 1.77. The third-order valence-electron chi connectivity index (χ3n) is 4.03. The fourth-order valence-electron chi connectivity index (χ4n) is 2.87. The molecule has 4 rings (SSSR count). The monoisotopic (exact) mass is 317 g/mol. The van der Waals surface area contributed by atoms with Crippen molar-refractivity contribution < 1.29 is 0 Å². The molecule has 6 heteroatoms. The van der Waals surface area contributed by atoms with Gasteiger partial charge in [0.05, 0.1) is 17.8 Å². The minimum atomic E-state index is 0.0339. The molecule has 0 aromatic carbocycles. The second-order valence-electron chi connectivity index (χ2n) is 5.26. The zero-order chi connectivity index (χ0) is 14.4. The van der Waals surface area contributed by atoms with E-state index in [2.05, 4.69) is 23.3 Å². The topological polar surface area (TPSA) is 46.9 Å². The van der Waals surface area contributed by atoms with E-state index >= 15 is 0 Å². The van der Waals surface area contributed by atoms with E-state index in [-0.39, 0.29) is 11.6 Å². The Morgan fingerprint density at radius 3 is 3.19 bits per heavy atom. The Kier molecular flexibility index (Phi) is 3.17. The molecule has 1 N–H and O–H groups in total. The van der Waals surface area contributed by atoms with Crippen LogP contribution in [0.1, 0.15) is 28.3 Å². The van der Waals surface area contributed by atoms with Crippen LogP contribution in [0, 0.1) is 0 Å². The van der Waals surface area contributed by atoms with Crippen LogP contribution in [-0.2, 0) is 13.0 Å². The van der Waals surface area contributed by atoms with Gasteiger partial charge in [0, 0.05) is 16.3 Å². The maximum atomic E-state index is 12.9. The summed E-state index contributed by atoms with van der Waals surface area (Å²) in [7, 11) is 0. The van der Waals surface area contributed by atoms with E-state index in [1.807, 2.05) is 11.4 Å². The summed E-state index contributed by atoms with van der Waals surface area (Å²) in [5, 5.41) is 6.23. The standard InChI is InChI=1S/C15H15N3OS2/c1-9(11-3-2-6-20-11)18-8-17-14-13(15(18)19)10-4-5-16-7-12(10)21-14/h2-3,6,8-9,16H,4-5,7H2,1H3. The Labute approximate surface area is 130 Å². The molecule has 0 bridgehead atoms. The fraction of sp³-hybridized carbons (Fsp3) is 0.333. The van der Waals surface area contributed by atoms with Gasteiger partial charge in [-0.15, -0.1) is 22.7 Å². The van der Waals surface area contributed by atoms with E-state index in [0.29, 0.717) is 0 Å². The van der Waals surface area contributed by atoms with E-state index in [4.69, 9.17) is 0 Å². The van der Waals surface area contributed by atoms with Crippen molar-refractivity contribution in [2.45, 2.75) is 25.9 Å². The van der Waals surface area contributed by atoms with Gasteiger partial charge in [-0.25, -0.2) is 4.98 Å². The minimum absolute atomic E-state index is 0.0339. The Morgan fingerprint density at radius 1 is 1.48 bits per heavy atom. The Balaban J connectivity index is 1.92. The van der Waals surface area contributed by atoms with Gasteiger partial charge >= 0.3 is 0 Å². The van der Waals surface area contributed by atoms with Crippen molar-refractivity contribution in [2.24, 2.45) is 0 Å². The SMILES string of the molecule is CC(c1cccs1)n1cnc2sc3c(c2c1=O)CCNC3. The summed E-state index contributed by atoms with van der Waals surface area (Å²) in [5.41, 5.74) is 1.30. The second kappa shape index (κ2) is 5.05. The summed E-state index contributed by atoms with van der Waals surface area (Å²) in [4.78, 5) is 20.8. The Hall–Kier alpha value is -1.50. The third kappa shape index (κ3) is 2.06. The fourth-order valence-corrected chi connectivity index (χ4v) is 4.80. The first-order chi connectivity index (χ1) is 10.3. The first-order valence-electron chi connectivity index (χ1n) is 7.01. The molecular formula is C15H15N3OS2. The molecule has 3 aromatic rings. The quantitative estimate of drug-likeness (QED) is 0.790. The normalized spacial score (nSPS) is 16.0. The molecule has 0 radical (unpaired) electrons. The zero-order valence-electron chi connectivity index (χ0n) is 11.6. The van der Waals surface area contributed by atoms with Crippen molar-refractivity contribution >= 4 is 32.9 Å². The van der Waals surface area contributed by atoms with Crippen molar-refractivity contribution in [3.63, 3.8) is 0 Å². The summed E-state index contributed by atoms with van der Waals surface area (Å²) in [6.45, 7) is 3.85. The van der Waals surface area contributed by atoms with Crippen LogP contribution in [0.25, 0.3) is 10.2 Å². The molecule has 1 aliphatic rings. The summed E-state index contributed by atoms with van der Waals surface area (Å²) >= 11 is 3.32. The van der Waals surface area contributed by atoms with Crippen LogP contribution >= 0.6 is 22.7 Å². The predicted octanol–water partition coefficient (Wildman–Crippen LogP) is 2.77. The number of thiophene rings is 2. The molecule has 4 nitrogen and oxygen atoms in total. The van der Waals surface area contributed by atoms with Crippen molar-refractivity contribution in [3.05, 3.63) is 49.5 Å². The lowest BCUT2D eigenvalue weighted by Crippen LogP contribution is -2.26. The molecule has 0 spiro atoms. The van der Waals surface area contributed by atoms with Gasteiger partial charge in [-0.2, -0.15) is 0 Å². The summed E-state index contributed by atoms with van der Waals surface area (Å²) in [5.74, 6) is 0. The highest BCUT2D eigenvalue weighted by Crippen LogP contribution is 2.30. The van der Waals surface area contributed by atoms with Crippen LogP contribution in [0.5, 0.6) is 0 Å². The van der Waals surface area contributed by atoms with Gasteiger partial charge < -0.3 is 5.32 Å². The molecule has 0 saturated heterocycles. The number of fused-ring (bicyclic) bond motifs is 3. The van der Waals surface area contributed by atoms with Crippen molar-refractivity contribution in [2.75, 3.05) is 6.54 Å². The van der Waals surface area contributed by atoms with Crippen LogP contribution in [0.4, 0.5) is 0 Å². The highest BCUT2D eigenvalue weighted by atomic mass is 32.1. The molecule has 3 aromatic heterocycles.